The zero-order valence-corrected chi connectivity index (χ0v) is 19.3. The molecule has 0 spiro atoms. The molecule has 0 aliphatic carbocycles. The fourth-order valence-electron chi connectivity index (χ4n) is 4.00. The Bertz CT molecular complexity index is 1240. The molecular formula is C22H26F3N5O5. The van der Waals surface area contributed by atoms with Crippen molar-refractivity contribution in [1.82, 2.24) is 9.13 Å². The molecule has 2 N–H and O–H groups in total. The number of hydrogen-bond acceptors (Lipinski definition) is 6. The molecule has 35 heavy (non-hydrogen) atoms. The molecule has 0 fully saturated rings. The van der Waals surface area contributed by atoms with Crippen LogP contribution in [0.1, 0.15) is 18.9 Å². The predicted molar refractivity (Wildman–Crippen MR) is 122 cm³/mol. The highest BCUT2D eigenvalue weighted by atomic mass is 19.4. The number of nitrogens with zero attached hydrogens (tertiary/aromatic N) is 4. The summed E-state index contributed by atoms with van der Waals surface area (Å²) in [5.74, 6) is -3.53. The number of halogens is 3. The van der Waals surface area contributed by atoms with Crippen molar-refractivity contribution in [3.63, 3.8) is 0 Å². The Balaban J connectivity index is 2.13. The van der Waals surface area contributed by atoms with Crippen molar-refractivity contribution in [2.45, 2.75) is 39.0 Å². The van der Waals surface area contributed by atoms with Crippen molar-refractivity contribution in [2.75, 3.05) is 42.3 Å². The number of alkyl halides is 3. The third-order valence-electron chi connectivity index (χ3n) is 5.65. The van der Waals surface area contributed by atoms with E-state index in [9.17, 15) is 32.3 Å². The molecule has 0 saturated heterocycles. The highest BCUT2D eigenvalue weighted by molar-refractivity contribution is 5.99. The van der Waals surface area contributed by atoms with Gasteiger partial charge in [0.2, 0.25) is 5.91 Å². The van der Waals surface area contributed by atoms with E-state index in [0.29, 0.717) is 29.6 Å². The van der Waals surface area contributed by atoms with E-state index >= 15 is 0 Å². The minimum Gasteiger partial charge on any atom is -0.383 e. The average Bonchev–Trinajstić information content (AvgIpc) is 3.25. The quantitative estimate of drug-likeness (QED) is 0.584. The molecular weight excluding hydrogens is 471 g/mol. The molecule has 2 amide bonds. The minimum absolute atomic E-state index is 0.0446. The highest BCUT2D eigenvalue weighted by Crippen LogP contribution is 2.28. The molecule has 0 atom stereocenters. The average molecular weight is 497 g/mol. The summed E-state index contributed by atoms with van der Waals surface area (Å²) >= 11 is 0. The zero-order valence-electron chi connectivity index (χ0n) is 19.3. The van der Waals surface area contributed by atoms with Gasteiger partial charge in [0, 0.05) is 32.4 Å². The molecule has 1 aromatic heterocycles. The van der Waals surface area contributed by atoms with Crippen LogP contribution in [0.4, 0.5) is 30.4 Å². The number of anilines is 3. The van der Waals surface area contributed by atoms with Crippen LogP contribution in [-0.2, 0) is 33.8 Å². The highest BCUT2D eigenvalue weighted by Gasteiger charge is 2.44. The summed E-state index contributed by atoms with van der Waals surface area (Å²) in [4.78, 5) is 53.2. The first-order valence-electron chi connectivity index (χ1n) is 10.9. The van der Waals surface area contributed by atoms with Crippen molar-refractivity contribution in [3.05, 3.63) is 50.7 Å². The van der Waals surface area contributed by atoms with Gasteiger partial charge in [0.1, 0.15) is 12.4 Å². The molecule has 0 radical (unpaired) electrons. The molecule has 190 valence electrons. The van der Waals surface area contributed by atoms with E-state index < -0.39 is 53.8 Å². The van der Waals surface area contributed by atoms with Gasteiger partial charge in [-0.05, 0) is 24.5 Å². The van der Waals surface area contributed by atoms with Gasteiger partial charge < -0.3 is 15.4 Å². The number of ether oxygens (including phenoxy) is 1. The second-order valence-electron chi connectivity index (χ2n) is 7.93. The van der Waals surface area contributed by atoms with Crippen LogP contribution in [0.15, 0.2) is 33.9 Å². The first-order valence-corrected chi connectivity index (χ1v) is 10.9. The van der Waals surface area contributed by atoms with Gasteiger partial charge in [0.05, 0.1) is 6.61 Å². The third-order valence-corrected chi connectivity index (χ3v) is 5.65. The van der Waals surface area contributed by atoms with Crippen LogP contribution in [0.3, 0.4) is 0 Å². The number of fused-ring (bicyclic) bond motifs is 1. The fourth-order valence-corrected chi connectivity index (χ4v) is 4.00. The monoisotopic (exact) mass is 497 g/mol. The number of para-hydroxylation sites is 1. The Morgan fingerprint density at radius 1 is 1.17 bits per heavy atom. The van der Waals surface area contributed by atoms with Crippen LogP contribution in [-0.4, -0.2) is 53.9 Å². The number of amides is 2. The van der Waals surface area contributed by atoms with E-state index in [-0.39, 0.29) is 18.1 Å². The number of nitrogen functional groups attached to an aromatic ring is 1. The lowest BCUT2D eigenvalue weighted by molar-refractivity contribution is -0.170. The second kappa shape index (κ2) is 10.3. The van der Waals surface area contributed by atoms with E-state index in [4.69, 9.17) is 10.5 Å². The van der Waals surface area contributed by atoms with Crippen LogP contribution in [0.5, 0.6) is 0 Å². The summed E-state index contributed by atoms with van der Waals surface area (Å²) < 4.78 is 46.3. The van der Waals surface area contributed by atoms with Gasteiger partial charge in [-0.1, -0.05) is 25.1 Å². The number of rotatable bonds is 8. The number of carbonyl (C=O) groups excluding carboxylic acids is 2. The summed E-state index contributed by atoms with van der Waals surface area (Å²) in [6.45, 7) is 0.253. The lowest BCUT2D eigenvalue weighted by atomic mass is 10.2. The maximum Gasteiger partial charge on any atom is 0.471 e. The summed E-state index contributed by atoms with van der Waals surface area (Å²) in [5.41, 5.74) is 4.45. The molecule has 13 heteroatoms. The minimum atomic E-state index is -5.32. The van der Waals surface area contributed by atoms with Crippen LogP contribution in [0.25, 0.3) is 0 Å². The summed E-state index contributed by atoms with van der Waals surface area (Å²) in [6, 6.07) is 7.13. The molecule has 0 unspecified atom stereocenters. The van der Waals surface area contributed by atoms with Gasteiger partial charge in [0.25, 0.3) is 5.56 Å². The number of nitrogens with two attached hydrogens (primary N) is 1. The van der Waals surface area contributed by atoms with Gasteiger partial charge in [-0.2, -0.15) is 13.2 Å². The molecule has 1 aromatic carbocycles. The molecule has 0 bridgehead atoms. The zero-order chi connectivity index (χ0) is 25.9. The van der Waals surface area contributed by atoms with E-state index in [1.54, 1.807) is 19.1 Å². The molecule has 2 aromatic rings. The van der Waals surface area contributed by atoms with E-state index in [1.807, 2.05) is 12.1 Å². The smallest absolute Gasteiger partial charge is 0.383 e. The van der Waals surface area contributed by atoms with Gasteiger partial charge in [-0.25, -0.2) is 9.36 Å². The van der Waals surface area contributed by atoms with Crippen LogP contribution in [0.2, 0.25) is 0 Å². The Morgan fingerprint density at radius 2 is 1.86 bits per heavy atom. The molecule has 2 heterocycles. The summed E-state index contributed by atoms with van der Waals surface area (Å²) in [6.07, 6.45) is -4.40. The fraction of sp³-hybridized carbons (Fsp3) is 0.455. The predicted octanol–water partition coefficient (Wildman–Crippen LogP) is 1.13. The van der Waals surface area contributed by atoms with Gasteiger partial charge in [-0.3, -0.25) is 23.9 Å². The SMILES string of the molecule is CCCn1c(N)c(N(CCOC)C(=O)C(F)(F)F)c(=O)n(CC(=O)N2CCc3ccccc32)c1=O. The van der Waals surface area contributed by atoms with Crippen molar-refractivity contribution < 1.29 is 27.5 Å². The van der Waals surface area contributed by atoms with Crippen molar-refractivity contribution in [2.24, 2.45) is 0 Å². The number of methoxy groups -OCH3 is 1. The number of benzene rings is 1. The Hall–Kier alpha value is -3.61. The van der Waals surface area contributed by atoms with Gasteiger partial charge in [0.15, 0.2) is 5.69 Å². The first kappa shape index (κ1) is 26.0. The number of hydrogen-bond donors (Lipinski definition) is 1. The standard InChI is InChI=1S/C22H26F3N5O5/c1-3-9-29-18(26)17(28(11-12-35-2)20(33)22(23,24)25)19(32)30(21(29)34)13-16(31)27-10-8-14-6-4-5-7-15(14)27/h4-7H,3,8-13,26H2,1-2H3. The topological polar surface area (TPSA) is 120 Å². The molecule has 3 rings (SSSR count). The summed E-state index contributed by atoms with van der Waals surface area (Å²) in [5, 5.41) is 0. The van der Waals surface area contributed by atoms with E-state index in [0.717, 1.165) is 10.1 Å². The van der Waals surface area contributed by atoms with E-state index in [1.165, 1.54) is 12.0 Å². The van der Waals surface area contributed by atoms with E-state index in [2.05, 4.69) is 0 Å². The Labute approximate surface area is 198 Å². The Morgan fingerprint density at radius 3 is 2.49 bits per heavy atom. The lowest BCUT2D eigenvalue weighted by Gasteiger charge is -2.26. The maximum atomic E-state index is 13.3. The molecule has 10 nitrogen and oxygen atoms in total. The largest absolute Gasteiger partial charge is 0.471 e. The first-order chi connectivity index (χ1) is 16.5. The lowest BCUT2D eigenvalue weighted by Crippen LogP contribution is -2.51. The van der Waals surface area contributed by atoms with Crippen LogP contribution < -0.4 is 26.8 Å². The Kier molecular flexibility index (Phi) is 7.68. The third kappa shape index (κ3) is 5.09. The summed E-state index contributed by atoms with van der Waals surface area (Å²) in [7, 11) is 1.21. The number of aromatic nitrogens is 2. The second-order valence-corrected chi connectivity index (χ2v) is 7.93. The van der Waals surface area contributed by atoms with Crippen molar-refractivity contribution in [3.8, 4) is 0 Å². The maximum absolute atomic E-state index is 13.3. The van der Waals surface area contributed by atoms with Gasteiger partial charge in [-0.15, -0.1) is 0 Å². The van der Waals surface area contributed by atoms with Crippen LogP contribution in [0, 0.1) is 0 Å². The molecule has 0 saturated carbocycles. The van der Waals surface area contributed by atoms with Gasteiger partial charge >= 0.3 is 17.8 Å². The molecule has 1 aliphatic rings. The van der Waals surface area contributed by atoms with Crippen LogP contribution >= 0.6 is 0 Å². The van der Waals surface area contributed by atoms with Crippen molar-refractivity contribution in [1.29, 1.82) is 0 Å². The number of carbonyl (C=O) groups is 2. The van der Waals surface area contributed by atoms with Crippen molar-refractivity contribution >= 4 is 29.0 Å². The molecule has 1 aliphatic heterocycles. The normalized spacial score (nSPS) is 13.1.